The minimum atomic E-state index is -4.22. The standard InChI is InChI=1S/C8H7F3.C8H8F2.2C8H9F.C7H7F.C7H8.3C6H7N.C5H6N2/c1-6-3-2-4-7(5-6)8(9,10)11;1-5-3-7(9)6(2)8(10)4-5;2*1-6-3-4-7(2)8(9)5-6;1-6-2-4-7(8)5-3-6;1-7-5-3-2-4-6-7;1-6-2-4-7-5-3-6;1-6-3-2-4-7-5-6;1-6-4-2-3-5-7-6;1-5-6-3-2-4-7-5/h2-5H,1H3;3-4H,1-2H3;2*3-5H,1-2H3;2-5H,1H3;2-6H,1H3;3*2-5H,1H3;2-4H,1H3. The quantitative estimate of drug-likeness (QED) is 0.142. The van der Waals surface area contributed by atoms with Crippen molar-refractivity contribution < 1.29 is 35.1 Å². The van der Waals surface area contributed by atoms with Gasteiger partial charge in [0.05, 0.1) is 5.56 Å². The number of nitrogens with zero attached hydrogens (tertiary/aromatic N) is 5. The Morgan fingerprint density at radius 1 is 0.305 bits per heavy atom. The van der Waals surface area contributed by atoms with Gasteiger partial charge in [-0.15, -0.1) is 0 Å². The predicted molar refractivity (Wildman–Crippen MR) is 320 cm³/mol. The third-order valence-corrected chi connectivity index (χ3v) is 10.5. The molecule has 0 atom stereocenters. The van der Waals surface area contributed by atoms with Gasteiger partial charge in [0.25, 0.3) is 0 Å². The highest BCUT2D eigenvalue weighted by molar-refractivity contribution is 5.26. The van der Waals surface area contributed by atoms with Crippen LogP contribution in [0.5, 0.6) is 0 Å². The highest BCUT2D eigenvalue weighted by Gasteiger charge is 2.29. The van der Waals surface area contributed by atoms with E-state index in [4.69, 9.17) is 0 Å². The molecule has 0 aliphatic carbocycles. The lowest BCUT2D eigenvalue weighted by atomic mass is 10.1. The molecule has 82 heavy (non-hydrogen) atoms. The zero-order chi connectivity index (χ0) is 61.5. The molecule has 5 nitrogen and oxygen atoms in total. The predicted octanol–water partition coefficient (Wildman–Crippen LogP) is 19.6. The minimum Gasteiger partial charge on any atom is -0.265 e. The molecule has 0 fully saturated rings. The number of benzene rings is 6. The van der Waals surface area contributed by atoms with E-state index in [9.17, 15) is 35.1 Å². The van der Waals surface area contributed by atoms with E-state index in [2.05, 4.69) is 44.0 Å². The molecule has 4 heterocycles. The van der Waals surface area contributed by atoms with Crippen molar-refractivity contribution in [3.8, 4) is 0 Å². The van der Waals surface area contributed by atoms with Crippen molar-refractivity contribution >= 4 is 0 Å². The molecule has 0 N–H and O–H groups in total. The molecule has 0 unspecified atom stereocenters. The van der Waals surface area contributed by atoms with E-state index in [-0.39, 0.29) is 23.0 Å². The molecule has 4 aromatic heterocycles. The number of aromatic nitrogens is 5. The average Bonchev–Trinajstić information content (AvgIpc) is 3.47. The van der Waals surface area contributed by atoms with Gasteiger partial charge in [-0.25, -0.2) is 31.9 Å². The van der Waals surface area contributed by atoms with Crippen LogP contribution in [0, 0.1) is 119 Å². The number of pyridine rings is 3. The van der Waals surface area contributed by atoms with Gasteiger partial charge in [0.1, 0.15) is 34.9 Å². The maximum Gasteiger partial charge on any atom is 0.416 e. The fraction of sp³-hybridized carbons (Fsp3) is 0.203. The molecule has 0 radical (unpaired) electrons. The smallest absolute Gasteiger partial charge is 0.265 e. The van der Waals surface area contributed by atoms with Crippen molar-refractivity contribution in [2.75, 3.05) is 0 Å². The Labute approximate surface area is 481 Å². The molecule has 6 aromatic carbocycles. The second-order valence-electron chi connectivity index (χ2n) is 18.5. The Morgan fingerprint density at radius 3 is 1.05 bits per heavy atom. The summed E-state index contributed by atoms with van der Waals surface area (Å²) >= 11 is 0. The molecule has 0 aliphatic rings. The number of halogens is 8. The van der Waals surface area contributed by atoms with Crippen LogP contribution in [0.1, 0.15) is 78.3 Å². The van der Waals surface area contributed by atoms with Gasteiger partial charge in [0.2, 0.25) is 0 Å². The second-order valence-corrected chi connectivity index (χ2v) is 18.5. The van der Waals surface area contributed by atoms with E-state index in [1.54, 1.807) is 101 Å². The molecule has 0 saturated heterocycles. The Bertz CT molecular complexity index is 2930. The van der Waals surface area contributed by atoms with Gasteiger partial charge in [0, 0.05) is 54.6 Å². The fourth-order valence-corrected chi connectivity index (χ4v) is 5.75. The lowest BCUT2D eigenvalue weighted by Gasteiger charge is -2.05. The van der Waals surface area contributed by atoms with Gasteiger partial charge in [0.15, 0.2) is 0 Å². The first-order valence-electron chi connectivity index (χ1n) is 25.9. The molecule has 0 aliphatic heterocycles. The zero-order valence-electron chi connectivity index (χ0n) is 49.0. The van der Waals surface area contributed by atoms with Gasteiger partial charge in [-0.2, -0.15) is 13.2 Å². The van der Waals surface area contributed by atoms with E-state index in [0.29, 0.717) is 22.3 Å². The number of rotatable bonds is 0. The van der Waals surface area contributed by atoms with Crippen LogP contribution in [0.15, 0.2) is 219 Å². The Kier molecular flexibility index (Phi) is 35.2. The summed E-state index contributed by atoms with van der Waals surface area (Å²) in [6.45, 7) is 23.9. The summed E-state index contributed by atoms with van der Waals surface area (Å²) in [5.74, 6) is -0.530. The largest absolute Gasteiger partial charge is 0.416 e. The summed E-state index contributed by atoms with van der Waals surface area (Å²) < 4.78 is 98.4. The van der Waals surface area contributed by atoms with E-state index in [0.717, 1.165) is 40.3 Å². The van der Waals surface area contributed by atoms with Gasteiger partial charge in [-0.1, -0.05) is 114 Å². The lowest BCUT2D eigenvalue weighted by molar-refractivity contribution is -0.137. The van der Waals surface area contributed by atoms with Crippen LogP contribution in [-0.4, -0.2) is 24.9 Å². The SMILES string of the molecule is Cc1cc(F)c(C)c(F)c1.Cc1ccc(C)c(F)c1.Cc1ccc(C)c(F)c1.Cc1ccc(F)cc1.Cc1cccc(C(F)(F)F)c1.Cc1ccccc1.Cc1ccccn1.Cc1cccnc1.Cc1ccncc1.Cc1ncccn1. The summed E-state index contributed by atoms with van der Waals surface area (Å²) in [5, 5.41) is 0. The van der Waals surface area contributed by atoms with E-state index in [1.165, 1.54) is 66.1 Å². The molecule has 13 heteroatoms. The summed E-state index contributed by atoms with van der Waals surface area (Å²) in [7, 11) is 0. The first-order valence-corrected chi connectivity index (χ1v) is 25.9. The van der Waals surface area contributed by atoms with Crippen molar-refractivity contribution in [3.63, 3.8) is 0 Å². The molecule has 0 amide bonds. The van der Waals surface area contributed by atoms with E-state index in [1.807, 2.05) is 127 Å². The third kappa shape index (κ3) is 35.7. The van der Waals surface area contributed by atoms with E-state index >= 15 is 0 Å². The lowest BCUT2D eigenvalue weighted by Crippen LogP contribution is -2.04. The van der Waals surface area contributed by atoms with Crippen molar-refractivity contribution in [3.05, 3.63) is 327 Å². The highest BCUT2D eigenvalue weighted by atomic mass is 19.4. The maximum absolute atomic E-state index is 12.6. The van der Waals surface area contributed by atoms with Crippen LogP contribution in [0.4, 0.5) is 35.1 Å². The number of hydrogen-bond acceptors (Lipinski definition) is 5. The van der Waals surface area contributed by atoms with Crippen molar-refractivity contribution in [1.29, 1.82) is 0 Å². The second kappa shape index (κ2) is 40.5. The third-order valence-electron chi connectivity index (χ3n) is 10.5. The Balaban J connectivity index is 0.000000457. The molecule has 10 rings (SSSR count). The molecular formula is C69H75F8N5. The Hall–Kier alpha value is -8.71. The summed E-state index contributed by atoms with van der Waals surface area (Å²) in [5.41, 5.74) is 10.1. The fourth-order valence-electron chi connectivity index (χ4n) is 5.75. The molecule has 0 saturated carbocycles. The first-order chi connectivity index (χ1) is 38.8. The van der Waals surface area contributed by atoms with Crippen molar-refractivity contribution in [2.24, 2.45) is 0 Å². The van der Waals surface area contributed by atoms with Gasteiger partial charge >= 0.3 is 6.18 Å². The monoisotopic (exact) mass is 1130 g/mol. The summed E-state index contributed by atoms with van der Waals surface area (Å²) in [6.07, 6.45) is 8.20. The Morgan fingerprint density at radius 2 is 0.744 bits per heavy atom. The normalized spacial score (nSPS) is 9.52. The van der Waals surface area contributed by atoms with Gasteiger partial charge < -0.3 is 0 Å². The number of hydrogen-bond donors (Lipinski definition) is 0. The molecule has 10 aromatic rings. The molecular weight excluding hydrogens is 1050 g/mol. The summed E-state index contributed by atoms with van der Waals surface area (Å²) in [4.78, 5) is 19.4. The number of aryl methyl sites for hydroxylation is 12. The average molecular weight is 1130 g/mol. The van der Waals surface area contributed by atoms with Crippen LogP contribution < -0.4 is 0 Å². The topological polar surface area (TPSA) is 64.5 Å². The van der Waals surface area contributed by atoms with Crippen LogP contribution in [0.25, 0.3) is 0 Å². The van der Waals surface area contributed by atoms with Crippen molar-refractivity contribution in [2.45, 2.75) is 96.2 Å². The summed E-state index contributed by atoms with van der Waals surface area (Å²) in [6, 6.07) is 50.5. The first kappa shape index (κ1) is 71.3. The number of alkyl halides is 3. The molecule has 0 spiro atoms. The molecule has 432 valence electrons. The van der Waals surface area contributed by atoms with Crippen LogP contribution in [0.3, 0.4) is 0 Å². The van der Waals surface area contributed by atoms with E-state index < -0.39 is 23.4 Å². The van der Waals surface area contributed by atoms with Crippen molar-refractivity contribution in [1.82, 2.24) is 24.9 Å². The highest BCUT2D eigenvalue weighted by Crippen LogP contribution is 2.29. The van der Waals surface area contributed by atoms with Crippen LogP contribution >= 0.6 is 0 Å². The van der Waals surface area contributed by atoms with Crippen LogP contribution in [-0.2, 0) is 6.18 Å². The maximum atomic E-state index is 12.6. The zero-order valence-corrected chi connectivity index (χ0v) is 49.0. The van der Waals surface area contributed by atoms with Crippen LogP contribution in [0.2, 0.25) is 0 Å². The van der Waals surface area contributed by atoms with Gasteiger partial charge in [-0.05, 0) is 208 Å². The molecule has 0 bridgehead atoms. The van der Waals surface area contributed by atoms with Gasteiger partial charge in [-0.3, -0.25) is 15.0 Å². The minimum absolute atomic E-state index is 0.0885.